The van der Waals surface area contributed by atoms with Gasteiger partial charge in [-0.25, -0.2) is 4.98 Å². The topological polar surface area (TPSA) is 79.9 Å². The van der Waals surface area contributed by atoms with E-state index in [0.29, 0.717) is 6.61 Å². The van der Waals surface area contributed by atoms with Crippen LogP contribution in [0.4, 0.5) is 13.2 Å². The summed E-state index contributed by atoms with van der Waals surface area (Å²) in [5, 5.41) is 9.01. The number of nitrogens with zero attached hydrogens (tertiary/aromatic N) is 2. The number of rotatable bonds is 8. The van der Waals surface area contributed by atoms with E-state index in [4.69, 9.17) is 4.74 Å². The van der Waals surface area contributed by atoms with Crippen LogP contribution in [0.25, 0.3) is 0 Å². The molecule has 0 aliphatic rings. The zero-order valence-corrected chi connectivity index (χ0v) is 15.3. The van der Waals surface area contributed by atoms with Crippen LogP contribution in [-0.2, 0) is 22.3 Å². The van der Waals surface area contributed by atoms with Crippen LogP contribution < -0.4 is 5.32 Å². The van der Waals surface area contributed by atoms with Gasteiger partial charge in [0.2, 0.25) is 5.91 Å². The molecule has 1 atom stereocenters. The molecule has 3 aromatic rings. The molecule has 0 radical (unpaired) electrons. The van der Waals surface area contributed by atoms with E-state index in [-0.39, 0.29) is 30.3 Å². The number of carbonyl (C=O) groups is 1. The number of hydrogen-bond acceptors (Lipinski definition) is 4. The Hall–Kier alpha value is -3.20. The van der Waals surface area contributed by atoms with Gasteiger partial charge in [0.05, 0.1) is 25.2 Å². The maximum Gasteiger partial charge on any atom is 0.416 e. The quantitative estimate of drug-likeness (QED) is 0.562. The van der Waals surface area contributed by atoms with Gasteiger partial charge in [0.1, 0.15) is 12.4 Å². The third-order valence-corrected chi connectivity index (χ3v) is 4.14. The normalized spacial score (nSPS) is 12.5. The molecule has 0 fully saturated rings. The lowest BCUT2D eigenvalue weighted by Crippen LogP contribution is -2.31. The molecule has 0 unspecified atom stereocenters. The average molecular weight is 404 g/mol. The Morgan fingerprint density at radius 2 is 1.93 bits per heavy atom. The molecule has 9 heteroatoms. The first-order chi connectivity index (χ1) is 13.9. The van der Waals surface area contributed by atoms with Crippen molar-refractivity contribution in [2.75, 3.05) is 6.61 Å². The highest BCUT2D eigenvalue weighted by molar-refractivity contribution is 5.76. The zero-order chi connectivity index (χ0) is 20.7. The first-order valence-electron chi connectivity index (χ1n) is 8.87. The van der Waals surface area contributed by atoms with Crippen LogP contribution in [0.5, 0.6) is 0 Å². The third kappa shape index (κ3) is 5.89. The first kappa shape index (κ1) is 20.5. The first-order valence-corrected chi connectivity index (χ1v) is 8.87. The smallest absolute Gasteiger partial charge is 0.376 e. The summed E-state index contributed by atoms with van der Waals surface area (Å²) < 4.78 is 44.6. The molecule has 0 aliphatic carbocycles. The Morgan fingerprint density at radius 3 is 2.62 bits per heavy atom. The van der Waals surface area contributed by atoms with Gasteiger partial charge < -0.3 is 10.1 Å². The number of ether oxygens (including phenoxy) is 1. The minimum absolute atomic E-state index is 0.0520. The highest BCUT2D eigenvalue weighted by Gasteiger charge is 2.31. The largest absolute Gasteiger partial charge is 0.416 e. The van der Waals surface area contributed by atoms with Crippen molar-refractivity contribution < 1.29 is 22.7 Å². The lowest BCUT2D eigenvalue weighted by molar-refractivity contribution is -0.137. The number of benzene rings is 2. The minimum atomic E-state index is -4.49. The monoisotopic (exact) mass is 404 g/mol. The van der Waals surface area contributed by atoms with Crippen LogP contribution in [0, 0.1) is 0 Å². The van der Waals surface area contributed by atoms with Crippen molar-refractivity contribution in [2.24, 2.45) is 0 Å². The van der Waals surface area contributed by atoms with Crippen molar-refractivity contribution in [3.05, 3.63) is 83.4 Å². The average Bonchev–Trinajstić information content (AvgIpc) is 3.24. The molecule has 2 aromatic carbocycles. The molecule has 1 aromatic heterocycles. The fourth-order valence-electron chi connectivity index (χ4n) is 2.72. The number of amides is 1. The van der Waals surface area contributed by atoms with Gasteiger partial charge in [0.15, 0.2) is 5.82 Å². The van der Waals surface area contributed by atoms with Gasteiger partial charge in [0, 0.05) is 0 Å². The van der Waals surface area contributed by atoms with Crippen LogP contribution >= 0.6 is 0 Å². The molecule has 0 spiro atoms. The van der Waals surface area contributed by atoms with E-state index in [1.165, 1.54) is 18.5 Å². The molecular formula is C20H19F3N4O2. The second kappa shape index (κ2) is 9.33. The van der Waals surface area contributed by atoms with E-state index in [9.17, 15) is 18.0 Å². The summed E-state index contributed by atoms with van der Waals surface area (Å²) >= 11 is 0. The van der Waals surface area contributed by atoms with Gasteiger partial charge in [-0.3, -0.25) is 9.89 Å². The number of carbonyl (C=O) groups excluding carboxylic acids is 1. The molecule has 0 saturated heterocycles. The highest BCUT2D eigenvalue weighted by atomic mass is 19.4. The summed E-state index contributed by atoms with van der Waals surface area (Å²) in [6.07, 6.45) is -3.21. The molecule has 2 N–H and O–H groups in total. The van der Waals surface area contributed by atoms with Crippen molar-refractivity contribution in [1.82, 2.24) is 20.5 Å². The molecular weight excluding hydrogens is 385 g/mol. The number of halogens is 3. The van der Waals surface area contributed by atoms with Crippen molar-refractivity contribution in [1.29, 1.82) is 0 Å². The minimum Gasteiger partial charge on any atom is -0.376 e. The Kier molecular flexibility index (Phi) is 6.61. The highest BCUT2D eigenvalue weighted by Crippen LogP contribution is 2.31. The SMILES string of the molecule is O=C(CCOCc1ccccc1)N[C@H](c1cccc(C(F)(F)F)c1)c1ncn[nH]1. The second-order valence-corrected chi connectivity index (χ2v) is 6.28. The molecule has 1 heterocycles. The van der Waals surface area contributed by atoms with Gasteiger partial charge in [-0.15, -0.1) is 0 Å². The van der Waals surface area contributed by atoms with Crippen LogP contribution in [0.1, 0.15) is 35.0 Å². The van der Waals surface area contributed by atoms with E-state index in [1.54, 1.807) is 0 Å². The van der Waals surface area contributed by atoms with E-state index in [0.717, 1.165) is 17.7 Å². The fraction of sp³-hybridized carbons (Fsp3) is 0.250. The predicted molar refractivity (Wildman–Crippen MR) is 98.5 cm³/mol. The summed E-state index contributed by atoms with van der Waals surface area (Å²) in [7, 11) is 0. The Bertz CT molecular complexity index is 915. The molecule has 0 aliphatic heterocycles. The van der Waals surface area contributed by atoms with Crippen molar-refractivity contribution in [3.8, 4) is 0 Å². The number of hydrogen-bond donors (Lipinski definition) is 2. The summed E-state index contributed by atoms with van der Waals surface area (Å²) in [6.45, 7) is 0.541. The van der Waals surface area contributed by atoms with Gasteiger partial charge in [-0.1, -0.05) is 42.5 Å². The Labute approximate surface area is 165 Å². The van der Waals surface area contributed by atoms with Crippen LogP contribution in [0.3, 0.4) is 0 Å². The van der Waals surface area contributed by atoms with E-state index in [1.807, 2.05) is 30.3 Å². The van der Waals surface area contributed by atoms with E-state index >= 15 is 0 Å². The van der Waals surface area contributed by atoms with E-state index in [2.05, 4.69) is 20.5 Å². The molecule has 152 valence electrons. The second-order valence-electron chi connectivity index (χ2n) is 6.28. The lowest BCUT2D eigenvalue weighted by atomic mass is 10.0. The Balaban J connectivity index is 1.63. The zero-order valence-electron chi connectivity index (χ0n) is 15.3. The molecule has 0 saturated carbocycles. The third-order valence-electron chi connectivity index (χ3n) is 4.14. The fourth-order valence-corrected chi connectivity index (χ4v) is 2.72. The number of aromatic nitrogens is 3. The maximum absolute atomic E-state index is 13.0. The van der Waals surface area contributed by atoms with Gasteiger partial charge >= 0.3 is 6.18 Å². The number of aromatic amines is 1. The van der Waals surface area contributed by atoms with Crippen LogP contribution in [0.2, 0.25) is 0 Å². The molecule has 0 bridgehead atoms. The summed E-state index contributed by atoms with van der Waals surface area (Å²) in [5.41, 5.74) is 0.423. The Morgan fingerprint density at radius 1 is 1.14 bits per heavy atom. The summed E-state index contributed by atoms with van der Waals surface area (Å²) in [6, 6.07) is 13.4. The van der Waals surface area contributed by atoms with Crippen LogP contribution in [0.15, 0.2) is 60.9 Å². The standard InChI is InChI=1S/C20H19F3N4O2/c21-20(22,23)16-8-4-7-15(11-16)18(19-24-13-25-27-19)26-17(28)9-10-29-12-14-5-2-1-3-6-14/h1-8,11,13,18H,9-10,12H2,(H,26,28)(H,24,25,27)/t18-/m1/s1. The van der Waals surface area contributed by atoms with Crippen molar-refractivity contribution in [2.45, 2.75) is 25.2 Å². The van der Waals surface area contributed by atoms with Gasteiger partial charge in [-0.05, 0) is 23.3 Å². The number of H-pyrrole nitrogens is 1. The van der Waals surface area contributed by atoms with Gasteiger partial charge in [0.25, 0.3) is 0 Å². The van der Waals surface area contributed by atoms with Crippen LogP contribution in [-0.4, -0.2) is 27.7 Å². The molecule has 3 rings (SSSR count). The molecule has 1 amide bonds. The lowest BCUT2D eigenvalue weighted by Gasteiger charge is -2.18. The van der Waals surface area contributed by atoms with Crippen molar-refractivity contribution in [3.63, 3.8) is 0 Å². The number of alkyl halides is 3. The van der Waals surface area contributed by atoms with Crippen molar-refractivity contribution >= 4 is 5.91 Å². The van der Waals surface area contributed by atoms with Gasteiger partial charge in [-0.2, -0.15) is 18.3 Å². The molecule has 29 heavy (non-hydrogen) atoms. The predicted octanol–water partition coefficient (Wildman–Crippen LogP) is 3.64. The summed E-state index contributed by atoms with van der Waals surface area (Å²) in [5.74, 6) is -0.139. The number of nitrogens with one attached hydrogen (secondary N) is 2. The van der Waals surface area contributed by atoms with E-state index < -0.39 is 17.8 Å². The maximum atomic E-state index is 13.0. The summed E-state index contributed by atoms with van der Waals surface area (Å²) in [4.78, 5) is 16.3. The molecule has 6 nitrogen and oxygen atoms in total.